The van der Waals surface area contributed by atoms with E-state index in [1.54, 1.807) is 0 Å². The van der Waals surface area contributed by atoms with Crippen LogP contribution in [0.25, 0.3) is 0 Å². The molecule has 50 heavy (non-hydrogen) atoms. The van der Waals surface area contributed by atoms with E-state index in [1.807, 2.05) is 39.8 Å². The largest absolute Gasteiger partial charge is 1.00 e. The van der Waals surface area contributed by atoms with Gasteiger partial charge in [-0.25, -0.2) is 8.42 Å². The number of aliphatic hydroxyl groups is 8. The Hall–Kier alpha value is 0.210. The van der Waals surface area contributed by atoms with Crippen LogP contribution in [0.2, 0.25) is 0 Å². The molecule has 0 aromatic carbocycles. The van der Waals surface area contributed by atoms with Gasteiger partial charge in [-0.05, 0) is 72.5 Å². The SMILES string of the molecule is CC(C)C(/C=C/[C@@H](C)[C@H]1[C@@H](O)[C@@H](O)C2[C@]3(O)C[C@H](O)C4C[C@@H](O)CC[C@]4(C)C3CC[C@@]21C)COC1OC(CO)C(OS(=O)(=O)[O-])C(O)C1O.[Na+]. The van der Waals surface area contributed by atoms with Crippen molar-refractivity contribution in [1.82, 2.24) is 0 Å². The van der Waals surface area contributed by atoms with E-state index in [1.165, 1.54) is 0 Å². The summed E-state index contributed by atoms with van der Waals surface area (Å²) in [5.41, 5.74) is -2.46. The minimum absolute atomic E-state index is 0. The predicted octanol–water partition coefficient (Wildman–Crippen LogP) is -3.20. The Morgan fingerprint density at radius 1 is 0.940 bits per heavy atom. The zero-order valence-corrected chi connectivity index (χ0v) is 32.8. The molecule has 14 nitrogen and oxygen atoms in total. The molecule has 0 amide bonds. The van der Waals surface area contributed by atoms with Crippen LogP contribution in [0.4, 0.5) is 0 Å². The van der Waals surface area contributed by atoms with E-state index in [4.69, 9.17) is 9.47 Å². The van der Waals surface area contributed by atoms with Crippen LogP contribution in [0.5, 0.6) is 0 Å². The molecule has 18 atom stereocenters. The van der Waals surface area contributed by atoms with Crippen molar-refractivity contribution in [3.63, 3.8) is 0 Å². The first-order valence-electron chi connectivity index (χ1n) is 17.7. The summed E-state index contributed by atoms with van der Waals surface area (Å²) in [6.45, 7) is 9.15. The molecule has 5 rings (SSSR count). The molecule has 0 bridgehead atoms. The molecule has 8 N–H and O–H groups in total. The minimum atomic E-state index is -5.27. The van der Waals surface area contributed by atoms with Gasteiger partial charge < -0.3 is 54.9 Å². The van der Waals surface area contributed by atoms with Crippen molar-refractivity contribution < 1.29 is 97.0 Å². The average Bonchev–Trinajstić information content (AvgIpc) is 3.21. The third kappa shape index (κ3) is 7.69. The van der Waals surface area contributed by atoms with Crippen molar-refractivity contribution in [3.8, 4) is 0 Å². The van der Waals surface area contributed by atoms with E-state index in [-0.39, 0.29) is 72.2 Å². The number of hydrogen-bond acceptors (Lipinski definition) is 14. The van der Waals surface area contributed by atoms with Crippen molar-refractivity contribution in [2.24, 2.45) is 52.3 Å². The van der Waals surface area contributed by atoms with Gasteiger partial charge in [-0.3, -0.25) is 4.18 Å². The summed E-state index contributed by atoms with van der Waals surface area (Å²) in [4.78, 5) is 0. The second-order valence-electron chi connectivity index (χ2n) is 16.5. The van der Waals surface area contributed by atoms with Gasteiger partial charge in [0, 0.05) is 18.3 Å². The van der Waals surface area contributed by atoms with E-state index in [9.17, 15) is 53.8 Å². The van der Waals surface area contributed by atoms with Gasteiger partial charge in [0.05, 0.1) is 43.2 Å². The number of rotatable bonds is 10. The molecule has 5 aliphatic rings. The maximum Gasteiger partial charge on any atom is 1.00 e. The summed E-state index contributed by atoms with van der Waals surface area (Å²) >= 11 is 0. The average molecular weight is 745 g/mol. The molecule has 0 aromatic rings. The molecule has 0 radical (unpaired) electrons. The first kappa shape index (κ1) is 42.9. The topological polar surface area (TPSA) is 247 Å². The fourth-order valence-electron chi connectivity index (χ4n) is 11.0. The quantitative estimate of drug-likeness (QED) is 0.0476. The molecule has 4 saturated carbocycles. The minimum Gasteiger partial charge on any atom is -0.726 e. The third-order valence-electron chi connectivity index (χ3n) is 13.4. The second-order valence-corrected chi connectivity index (χ2v) is 17.6. The second kappa shape index (κ2) is 15.8. The summed E-state index contributed by atoms with van der Waals surface area (Å²) in [5.74, 6) is -1.95. The van der Waals surface area contributed by atoms with E-state index < -0.39 is 100 Å². The van der Waals surface area contributed by atoms with Crippen molar-refractivity contribution in [1.29, 1.82) is 0 Å². The van der Waals surface area contributed by atoms with Crippen LogP contribution < -0.4 is 29.6 Å². The van der Waals surface area contributed by atoms with Crippen molar-refractivity contribution >= 4 is 10.4 Å². The van der Waals surface area contributed by atoms with Crippen LogP contribution in [0.15, 0.2) is 12.2 Å². The van der Waals surface area contributed by atoms with E-state index in [2.05, 4.69) is 11.1 Å². The summed E-state index contributed by atoms with van der Waals surface area (Å²) in [6.07, 6.45) is -5.04. The van der Waals surface area contributed by atoms with Gasteiger partial charge in [0.15, 0.2) is 6.29 Å². The number of hydrogen-bond donors (Lipinski definition) is 8. The van der Waals surface area contributed by atoms with Gasteiger partial charge >= 0.3 is 29.6 Å². The maximum atomic E-state index is 12.5. The van der Waals surface area contributed by atoms with Crippen molar-refractivity contribution in [2.75, 3.05) is 13.2 Å². The monoisotopic (exact) mass is 744 g/mol. The van der Waals surface area contributed by atoms with E-state index >= 15 is 0 Å². The Kier molecular flexibility index (Phi) is 13.5. The first-order chi connectivity index (χ1) is 22.7. The Labute approximate surface area is 317 Å². The van der Waals surface area contributed by atoms with Crippen LogP contribution in [-0.2, 0) is 24.1 Å². The van der Waals surface area contributed by atoms with Crippen LogP contribution in [0.1, 0.15) is 73.1 Å². The Morgan fingerprint density at radius 2 is 1.58 bits per heavy atom. The van der Waals surface area contributed by atoms with Gasteiger partial charge in [-0.1, -0.05) is 46.8 Å². The number of ether oxygens (including phenoxy) is 2. The molecular formula is C34H57NaO14S. The van der Waals surface area contributed by atoms with Gasteiger partial charge in [0.25, 0.3) is 0 Å². The van der Waals surface area contributed by atoms with Crippen LogP contribution in [-0.4, -0.2) is 128 Å². The zero-order chi connectivity index (χ0) is 36.4. The molecule has 4 aliphatic carbocycles. The smallest absolute Gasteiger partial charge is 0.726 e. The van der Waals surface area contributed by atoms with Crippen molar-refractivity contribution in [2.45, 2.75) is 134 Å². The Balaban J connectivity index is 0.00000562. The fraction of sp³-hybridized carbons (Fsp3) is 0.941. The fourth-order valence-corrected chi connectivity index (χ4v) is 11.5. The molecule has 284 valence electrons. The molecule has 16 heteroatoms. The summed E-state index contributed by atoms with van der Waals surface area (Å²) in [7, 11) is -5.27. The molecule has 5 fully saturated rings. The molecular weight excluding hydrogens is 687 g/mol. The van der Waals surface area contributed by atoms with Gasteiger partial charge in [-0.15, -0.1) is 0 Å². The zero-order valence-electron chi connectivity index (χ0n) is 30.0. The number of fused-ring (bicyclic) bond motifs is 5. The van der Waals surface area contributed by atoms with Crippen LogP contribution >= 0.6 is 0 Å². The summed E-state index contributed by atoms with van der Waals surface area (Å²) in [5, 5.41) is 88.2. The first-order valence-corrected chi connectivity index (χ1v) is 19.0. The Morgan fingerprint density at radius 3 is 2.18 bits per heavy atom. The normalized spacial score (nSPS) is 49.1. The summed E-state index contributed by atoms with van der Waals surface area (Å²) in [6, 6.07) is 0. The van der Waals surface area contributed by atoms with Gasteiger partial charge in [0.2, 0.25) is 10.4 Å². The summed E-state index contributed by atoms with van der Waals surface area (Å²) < 4.78 is 48.9. The van der Waals surface area contributed by atoms with E-state index in [0.29, 0.717) is 32.1 Å². The molecule has 1 heterocycles. The third-order valence-corrected chi connectivity index (χ3v) is 13.9. The molecule has 1 saturated heterocycles. The van der Waals surface area contributed by atoms with Crippen molar-refractivity contribution in [3.05, 3.63) is 12.2 Å². The maximum absolute atomic E-state index is 12.5. The number of aliphatic hydroxyl groups excluding tert-OH is 7. The van der Waals surface area contributed by atoms with Crippen LogP contribution in [0, 0.1) is 52.3 Å². The molecule has 9 unspecified atom stereocenters. The van der Waals surface area contributed by atoms with Gasteiger partial charge in [0.1, 0.15) is 24.4 Å². The molecule has 0 spiro atoms. The number of allylic oxidation sites excluding steroid dienone is 1. The standard InChI is InChI=1S/C34H58O14S.Na/c1-16(2)18(15-46-31-28(41)26(39)29(22(14-35)47-31)48-49(43,44)45)7-6-17(3)24-25(38)27(40)30-33(24,5)11-9-23-32(4)10-8-19(36)12-20(32)21(37)13-34(23,30)42;/h6-7,16-31,35-42H,8-15H2,1-5H3,(H,43,44,45);/q;+1/p-1/b7-6+;/t17-,18?,19+,20?,21+,22?,23?,24+,25-,26?,27-,28?,29?,30?,31?,32+,33-,34+;/m1./s1. The van der Waals surface area contributed by atoms with Gasteiger partial charge in [-0.2, -0.15) is 0 Å². The Bertz CT molecular complexity index is 1300. The predicted molar refractivity (Wildman–Crippen MR) is 172 cm³/mol. The van der Waals surface area contributed by atoms with E-state index in [0.717, 1.165) is 0 Å². The molecule has 0 aromatic heterocycles. The van der Waals surface area contributed by atoms with Crippen LogP contribution in [0.3, 0.4) is 0 Å². The molecule has 1 aliphatic heterocycles.